The maximum Gasteiger partial charge on any atom is 0.308 e. The number of aryl methyl sites for hydroxylation is 1. The smallest absolute Gasteiger partial charge is 0.308 e. The molecule has 0 radical (unpaired) electrons. The standard InChI is InChI=1S/C16H20N2O2/c1-3-20-16(19)13-5-6-14(9-13)18-15-7-4-12(10-17)8-11(15)2/h4,7-8,13-14,18H,3,5-6,9H2,1-2H3/t13-,14+/m1/s1. The number of carbonyl (C=O) groups excluding carboxylic acids is 1. The fraction of sp³-hybridized carbons (Fsp3) is 0.500. The molecular formula is C16H20N2O2. The Hall–Kier alpha value is -2.02. The van der Waals surface area contributed by atoms with Crippen molar-refractivity contribution in [2.24, 2.45) is 5.92 Å². The Bertz CT molecular complexity index is 534. The third-order valence-corrected chi connectivity index (χ3v) is 3.77. The second-order valence-electron chi connectivity index (χ2n) is 5.24. The van der Waals surface area contributed by atoms with Crippen molar-refractivity contribution < 1.29 is 9.53 Å². The Morgan fingerprint density at radius 2 is 2.30 bits per heavy atom. The Morgan fingerprint density at radius 3 is 2.95 bits per heavy atom. The number of nitriles is 1. The number of hydrogen-bond donors (Lipinski definition) is 1. The van der Waals surface area contributed by atoms with Crippen LogP contribution in [0.1, 0.15) is 37.3 Å². The number of rotatable bonds is 4. The maximum absolute atomic E-state index is 11.7. The first-order valence-electron chi connectivity index (χ1n) is 7.08. The Balaban J connectivity index is 1.95. The number of nitrogens with zero attached hydrogens (tertiary/aromatic N) is 1. The van der Waals surface area contributed by atoms with Crippen LogP contribution < -0.4 is 5.32 Å². The molecular weight excluding hydrogens is 252 g/mol. The number of benzene rings is 1. The monoisotopic (exact) mass is 272 g/mol. The summed E-state index contributed by atoms with van der Waals surface area (Å²) in [6.45, 7) is 4.27. The molecule has 0 aliphatic heterocycles. The summed E-state index contributed by atoms with van der Waals surface area (Å²) in [6, 6.07) is 8.06. The third kappa shape index (κ3) is 3.30. The minimum absolute atomic E-state index is 0.0196. The zero-order valence-electron chi connectivity index (χ0n) is 12.0. The topological polar surface area (TPSA) is 62.1 Å². The summed E-state index contributed by atoms with van der Waals surface area (Å²) in [5.74, 6) is -0.0560. The summed E-state index contributed by atoms with van der Waals surface area (Å²) in [5, 5.41) is 12.3. The van der Waals surface area contributed by atoms with Crippen molar-refractivity contribution >= 4 is 11.7 Å². The third-order valence-electron chi connectivity index (χ3n) is 3.77. The van der Waals surface area contributed by atoms with E-state index in [2.05, 4.69) is 11.4 Å². The molecule has 1 aromatic carbocycles. The van der Waals surface area contributed by atoms with Gasteiger partial charge in [-0.05, 0) is 56.9 Å². The number of esters is 1. The van der Waals surface area contributed by atoms with Crippen LogP contribution in [0, 0.1) is 24.2 Å². The summed E-state index contributed by atoms with van der Waals surface area (Å²) in [5.41, 5.74) is 2.77. The second-order valence-corrected chi connectivity index (χ2v) is 5.24. The van der Waals surface area contributed by atoms with Gasteiger partial charge < -0.3 is 10.1 Å². The fourth-order valence-electron chi connectivity index (χ4n) is 2.70. The number of anilines is 1. The summed E-state index contributed by atoms with van der Waals surface area (Å²) in [7, 11) is 0. The first kappa shape index (κ1) is 14.4. The molecule has 1 saturated carbocycles. The Morgan fingerprint density at radius 1 is 1.50 bits per heavy atom. The van der Waals surface area contributed by atoms with E-state index in [-0.39, 0.29) is 11.9 Å². The van der Waals surface area contributed by atoms with Crippen LogP contribution in [0.15, 0.2) is 18.2 Å². The van der Waals surface area contributed by atoms with Crippen molar-refractivity contribution in [3.63, 3.8) is 0 Å². The van der Waals surface area contributed by atoms with Gasteiger partial charge in [-0.15, -0.1) is 0 Å². The van der Waals surface area contributed by atoms with Crippen LogP contribution in [0.4, 0.5) is 5.69 Å². The van der Waals surface area contributed by atoms with Crippen LogP contribution in [0.3, 0.4) is 0 Å². The molecule has 0 spiro atoms. The minimum atomic E-state index is -0.0756. The molecule has 0 saturated heterocycles. The lowest BCUT2D eigenvalue weighted by Crippen LogP contribution is -2.20. The average Bonchev–Trinajstić information content (AvgIpc) is 2.90. The van der Waals surface area contributed by atoms with E-state index in [1.54, 1.807) is 0 Å². The Kier molecular flexibility index (Phi) is 4.62. The lowest BCUT2D eigenvalue weighted by Gasteiger charge is -2.16. The van der Waals surface area contributed by atoms with E-state index in [9.17, 15) is 4.79 Å². The van der Waals surface area contributed by atoms with Crippen molar-refractivity contribution in [3.05, 3.63) is 29.3 Å². The van der Waals surface area contributed by atoms with E-state index in [1.165, 1.54) is 0 Å². The number of hydrogen-bond acceptors (Lipinski definition) is 4. The van der Waals surface area contributed by atoms with Gasteiger partial charge in [-0.2, -0.15) is 5.26 Å². The molecule has 2 rings (SSSR count). The van der Waals surface area contributed by atoms with Gasteiger partial charge in [0, 0.05) is 11.7 Å². The summed E-state index contributed by atoms with van der Waals surface area (Å²) < 4.78 is 5.08. The van der Waals surface area contributed by atoms with Gasteiger partial charge in [-0.1, -0.05) is 0 Å². The van der Waals surface area contributed by atoms with Crippen LogP contribution >= 0.6 is 0 Å². The van der Waals surface area contributed by atoms with Crippen LogP contribution in [-0.4, -0.2) is 18.6 Å². The first-order chi connectivity index (χ1) is 9.63. The van der Waals surface area contributed by atoms with E-state index in [0.717, 1.165) is 30.5 Å². The molecule has 0 aromatic heterocycles. The molecule has 20 heavy (non-hydrogen) atoms. The van der Waals surface area contributed by atoms with Gasteiger partial charge in [-0.25, -0.2) is 0 Å². The molecule has 4 nitrogen and oxygen atoms in total. The summed E-state index contributed by atoms with van der Waals surface area (Å²) in [4.78, 5) is 11.7. The molecule has 1 aliphatic rings. The van der Waals surface area contributed by atoms with Gasteiger partial charge in [0.1, 0.15) is 0 Å². The van der Waals surface area contributed by atoms with Gasteiger partial charge in [0.25, 0.3) is 0 Å². The molecule has 0 heterocycles. The van der Waals surface area contributed by atoms with E-state index >= 15 is 0 Å². The molecule has 1 N–H and O–H groups in total. The molecule has 106 valence electrons. The zero-order chi connectivity index (χ0) is 14.5. The maximum atomic E-state index is 11.7. The highest BCUT2D eigenvalue weighted by atomic mass is 16.5. The van der Waals surface area contributed by atoms with Crippen molar-refractivity contribution in [3.8, 4) is 6.07 Å². The molecule has 2 atom stereocenters. The van der Waals surface area contributed by atoms with Crippen LogP contribution in [-0.2, 0) is 9.53 Å². The van der Waals surface area contributed by atoms with Crippen molar-refractivity contribution in [1.82, 2.24) is 0 Å². The van der Waals surface area contributed by atoms with Crippen molar-refractivity contribution in [1.29, 1.82) is 5.26 Å². The van der Waals surface area contributed by atoms with E-state index in [0.29, 0.717) is 18.2 Å². The lowest BCUT2D eigenvalue weighted by atomic mass is 10.1. The molecule has 0 bridgehead atoms. The van der Waals surface area contributed by atoms with Gasteiger partial charge in [-0.3, -0.25) is 4.79 Å². The quantitative estimate of drug-likeness (QED) is 0.856. The predicted octanol–water partition coefficient (Wildman–Crippen LogP) is 3.01. The van der Waals surface area contributed by atoms with Crippen LogP contribution in [0.5, 0.6) is 0 Å². The molecule has 1 fully saturated rings. The number of nitrogens with one attached hydrogen (secondary N) is 1. The van der Waals surface area contributed by atoms with E-state index in [4.69, 9.17) is 10.00 Å². The van der Waals surface area contributed by atoms with Gasteiger partial charge in [0.05, 0.1) is 24.2 Å². The normalized spacial score (nSPS) is 21.2. The van der Waals surface area contributed by atoms with Gasteiger partial charge >= 0.3 is 5.97 Å². The highest BCUT2D eigenvalue weighted by Crippen LogP contribution is 2.30. The average molecular weight is 272 g/mol. The van der Waals surface area contributed by atoms with Crippen LogP contribution in [0.25, 0.3) is 0 Å². The molecule has 1 aromatic rings. The van der Waals surface area contributed by atoms with E-state index < -0.39 is 0 Å². The van der Waals surface area contributed by atoms with Gasteiger partial charge in [0.2, 0.25) is 0 Å². The Labute approximate surface area is 119 Å². The van der Waals surface area contributed by atoms with Crippen molar-refractivity contribution in [2.75, 3.05) is 11.9 Å². The molecule has 0 amide bonds. The molecule has 0 unspecified atom stereocenters. The lowest BCUT2D eigenvalue weighted by molar-refractivity contribution is -0.147. The molecule has 1 aliphatic carbocycles. The largest absolute Gasteiger partial charge is 0.466 e. The zero-order valence-corrected chi connectivity index (χ0v) is 12.0. The fourth-order valence-corrected chi connectivity index (χ4v) is 2.70. The summed E-state index contributed by atoms with van der Waals surface area (Å²) >= 11 is 0. The minimum Gasteiger partial charge on any atom is -0.466 e. The first-order valence-corrected chi connectivity index (χ1v) is 7.08. The molecule has 4 heteroatoms. The number of carbonyl (C=O) groups is 1. The van der Waals surface area contributed by atoms with E-state index in [1.807, 2.05) is 32.0 Å². The predicted molar refractivity (Wildman–Crippen MR) is 77.3 cm³/mol. The SMILES string of the molecule is CCOC(=O)[C@@H]1CC[C@H](Nc2ccc(C#N)cc2C)C1. The highest BCUT2D eigenvalue weighted by Gasteiger charge is 2.30. The highest BCUT2D eigenvalue weighted by molar-refractivity contribution is 5.73. The second kappa shape index (κ2) is 6.42. The summed E-state index contributed by atoms with van der Waals surface area (Å²) in [6.07, 6.45) is 2.67. The number of ether oxygens (including phenoxy) is 1. The van der Waals surface area contributed by atoms with Crippen molar-refractivity contribution in [2.45, 2.75) is 39.2 Å². The van der Waals surface area contributed by atoms with Crippen LogP contribution in [0.2, 0.25) is 0 Å². The van der Waals surface area contributed by atoms with Gasteiger partial charge in [0.15, 0.2) is 0 Å².